The number of hydrogen-bond donors (Lipinski definition) is 0. The highest BCUT2D eigenvalue weighted by Gasteiger charge is 2.22. The zero-order valence-corrected chi connectivity index (χ0v) is 14.8. The van der Waals surface area contributed by atoms with E-state index in [2.05, 4.69) is 15.1 Å². The molecule has 5 rings (SSSR count). The minimum atomic E-state index is 0.197. The van der Waals surface area contributed by atoms with Crippen LogP contribution in [-0.4, -0.2) is 47.1 Å². The van der Waals surface area contributed by atoms with Crippen molar-refractivity contribution in [3.05, 3.63) is 60.6 Å². The van der Waals surface area contributed by atoms with Gasteiger partial charge in [-0.25, -0.2) is 19.2 Å². The molecule has 8 heteroatoms. The molecule has 0 radical (unpaired) electrons. The van der Waals surface area contributed by atoms with Gasteiger partial charge in [0.25, 0.3) is 0 Å². The molecule has 1 saturated heterocycles. The molecule has 0 saturated carbocycles. The van der Waals surface area contributed by atoms with E-state index in [0.29, 0.717) is 12.4 Å². The Hall–Kier alpha value is -3.13. The number of aromatic nitrogens is 7. The molecule has 0 N–H and O–H groups in total. The molecule has 8 nitrogen and oxygen atoms in total. The summed E-state index contributed by atoms with van der Waals surface area (Å²) in [7, 11) is 0. The highest BCUT2D eigenvalue weighted by molar-refractivity contribution is 5.71. The Morgan fingerprint density at radius 3 is 2.96 bits per heavy atom. The van der Waals surface area contributed by atoms with Gasteiger partial charge < -0.3 is 4.74 Å². The Bertz CT molecular complexity index is 1050. The zero-order valence-electron chi connectivity index (χ0n) is 14.8. The van der Waals surface area contributed by atoms with Gasteiger partial charge in [0, 0.05) is 31.6 Å². The fourth-order valence-electron chi connectivity index (χ4n) is 3.44. The lowest BCUT2D eigenvalue weighted by Gasteiger charge is -2.09. The summed E-state index contributed by atoms with van der Waals surface area (Å²) in [5, 5.41) is 9.02. The van der Waals surface area contributed by atoms with Crippen molar-refractivity contribution in [3.63, 3.8) is 0 Å². The average Bonchev–Trinajstić information content (AvgIpc) is 3.44. The van der Waals surface area contributed by atoms with Gasteiger partial charge in [0.05, 0.1) is 30.1 Å². The lowest BCUT2D eigenvalue weighted by Crippen LogP contribution is -2.15. The van der Waals surface area contributed by atoms with Gasteiger partial charge in [-0.2, -0.15) is 5.10 Å². The maximum absolute atomic E-state index is 5.81. The second-order valence-corrected chi connectivity index (χ2v) is 6.61. The van der Waals surface area contributed by atoms with Gasteiger partial charge in [-0.05, 0) is 31.0 Å². The molecule has 0 aromatic carbocycles. The van der Waals surface area contributed by atoms with Crippen LogP contribution in [0.1, 0.15) is 24.4 Å². The molecule has 0 spiro atoms. The van der Waals surface area contributed by atoms with Crippen LogP contribution >= 0.6 is 0 Å². The van der Waals surface area contributed by atoms with Gasteiger partial charge in [-0.3, -0.25) is 4.98 Å². The van der Waals surface area contributed by atoms with Crippen LogP contribution in [0.4, 0.5) is 0 Å². The van der Waals surface area contributed by atoms with Crippen LogP contribution in [0, 0.1) is 0 Å². The van der Waals surface area contributed by atoms with E-state index >= 15 is 0 Å². The molecule has 1 atom stereocenters. The van der Waals surface area contributed by atoms with Gasteiger partial charge in [0.2, 0.25) is 5.82 Å². The van der Waals surface area contributed by atoms with E-state index in [1.54, 1.807) is 23.1 Å². The molecule has 136 valence electrons. The van der Waals surface area contributed by atoms with E-state index in [-0.39, 0.29) is 6.10 Å². The third-order valence-electron chi connectivity index (χ3n) is 4.76. The summed E-state index contributed by atoms with van der Waals surface area (Å²) in [4.78, 5) is 13.7. The van der Waals surface area contributed by atoms with Crippen LogP contribution in [0.15, 0.2) is 49.1 Å². The molecule has 1 unspecified atom stereocenters. The highest BCUT2D eigenvalue weighted by Crippen LogP contribution is 2.22. The maximum Gasteiger partial charge on any atom is 0.202 e. The third kappa shape index (κ3) is 3.19. The van der Waals surface area contributed by atoms with E-state index in [9.17, 15) is 0 Å². The van der Waals surface area contributed by atoms with Crippen LogP contribution in [0.2, 0.25) is 0 Å². The minimum absolute atomic E-state index is 0.197. The van der Waals surface area contributed by atoms with Crippen LogP contribution in [0.3, 0.4) is 0 Å². The molecule has 0 aliphatic carbocycles. The fourth-order valence-corrected chi connectivity index (χ4v) is 3.44. The van der Waals surface area contributed by atoms with E-state index in [0.717, 1.165) is 48.6 Å². The number of rotatable bonds is 5. The van der Waals surface area contributed by atoms with Crippen molar-refractivity contribution in [2.24, 2.45) is 0 Å². The molecule has 0 bridgehead atoms. The number of ether oxygens (including phenoxy) is 1. The number of pyridine rings is 1. The smallest absolute Gasteiger partial charge is 0.202 e. The summed E-state index contributed by atoms with van der Waals surface area (Å²) in [6.07, 6.45) is 10.2. The largest absolute Gasteiger partial charge is 0.378 e. The lowest BCUT2D eigenvalue weighted by molar-refractivity contribution is 0.109. The Morgan fingerprint density at radius 2 is 2.11 bits per heavy atom. The van der Waals surface area contributed by atoms with E-state index in [1.165, 1.54) is 0 Å². The molecular formula is C19H19N7O. The van der Waals surface area contributed by atoms with Crippen molar-refractivity contribution in [2.45, 2.75) is 31.9 Å². The predicted molar refractivity (Wildman–Crippen MR) is 98.0 cm³/mol. The van der Waals surface area contributed by atoms with E-state index < -0.39 is 0 Å². The summed E-state index contributed by atoms with van der Waals surface area (Å²) < 4.78 is 9.51. The quantitative estimate of drug-likeness (QED) is 0.542. The first-order valence-corrected chi connectivity index (χ1v) is 9.11. The number of fused-ring (bicyclic) bond motifs is 1. The van der Waals surface area contributed by atoms with Crippen molar-refractivity contribution in [2.75, 3.05) is 6.61 Å². The zero-order chi connectivity index (χ0) is 18.1. The van der Waals surface area contributed by atoms with Crippen molar-refractivity contribution >= 4 is 5.52 Å². The first-order chi connectivity index (χ1) is 13.4. The second-order valence-electron chi connectivity index (χ2n) is 6.61. The monoisotopic (exact) mass is 361 g/mol. The van der Waals surface area contributed by atoms with Gasteiger partial charge in [0.15, 0.2) is 0 Å². The Labute approximate surface area is 155 Å². The molecule has 1 aliphatic rings. The van der Waals surface area contributed by atoms with Gasteiger partial charge in [-0.15, -0.1) is 5.10 Å². The number of hydrogen-bond acceptors (Lipinski definition) is 6. The second kappa shape index (κ2) is 6.88. The SMILES string of the molecule is c1ccc(Cn2nc(-c3nccn4nccc34)nc2CC2CCCO2)nc1. The summed E-state index contributed by atoms with van der Waals surface area (Å²) >= 11 is 0. The molecular weight excluding hydrogens is 342 g/mol. The van der Waals surface area contributed by atoms with Crippen LogP contribution in [-0.2, 0) is 17.7 Å². The summed E-state index contributed by atoms with van der Waals surface area (Å²) in [6.45, 7) is 1.39. The predicted octanol–water partition coefficient (Wildman–Crippen LogP) is 2.15. The van der Waals surface area contributed by atoms with E-state index in [4.69, 9.17) is 14.8 Å². The maximum atomic E-state index is 5.81. The normalized spacial score (nSPS) is 17.0. The first kappa shape index (κ1) is 16.1. The summed E-state index contributed by atoms with van der Waals surface area (Å²) in [5.41, 5.74) is 2.55. The standard InChI is InChI=1S/C19H19N7O/c1-2-7-20-14(4-1)13-26-17(12-15-5-3-11-27-15)23-19(24-26)18-16-6-8-22-25(16)10-9-21-18/h1-2,4,6-10,15H,3,5,11-13H2. The molecule has 1 fully saturated rings. The molecule has 27 heavy (non-hydrogen) atoms. The fraction of sp³-hybridized carbons (Fsp3) is 0.316. The van der Waals surface area contributed by atoms with Crippen molar-refractivity contribution in [1.29, 1.82) is 0 Å². The van der Waals surface area contributed by atoms with Crippen LogP contribution in [0.25, 0.3) is 17.0 Å². The van der Waals surface area contributed by atoms with Gasteiger partial charge >= 0.3 is 0 Å². The summed E-state index contributed by atoms with van der Waals surface area (Å²) in [5.74, 6) is 1.50. The lowest BCUT2D eigenvalue weighted by atomic mass is 10.2. The van der Waals surface area contributed by atoms with Crippen molar-refractivity contribution in [1.82, 2.24) is 34.3 Å². The average molecular weight is 361 g/mol. The van der Waals surface area contributed by atoms with Gasteiger partial charge in [-0.1, -0.05) is 6.07 Å². The number of nitrogens with zero attached hydrogens (tertiary/aromatic N) is 7. The highest BCUT2D eigenvalue weighted by atomic mass is 16.5. The van der Waals surface area contributed by atoms with E-state index in [1.807, 2.05) is 35.1 Å². The van der Waals surface area contributed by atoms with Crippen molar-refractivity contribution < 1.29 is 4.74 Å². The Balaban J connectivity index is 1.55. The third-order valence-corrected chi connectivity index (χ3v) is 4.76. The minimum Gasteiger partial charge on any atom is -0.378 e. The molecule has 5 heterocycles. The molecule has 4 aromatic heterocycles. The Kier molecular flexibility index (Phi) is 4.10. The first-order valence-electron chi connectivity index (χ1n) is 9.11. The topological polar surface area (TPSA) is 83.0 Å². The van der Waals surface area contributed by atoms with Crippen molar-refractivity contribution in [3.8, 4) is 11.5 Å². The van der Waals surface area contributed by atoms with Crippen LogP contribution < -0.4 is 0 Å². The van der Waals surface area contributed by atoms with Gasteiger partial charge in [0.1, 0.15) is 11.5 Å². The molecule has 4 aromatic rings. The summed E-state index contributed by atoms with van der Waals surface area (Å²) in [6, 6.07) is 7.80. The van der Waals surface area contributed by atoms with Crippen LogP contribution in [0.5, 0.6) is 0 Å². The molecule has 0 amide bonds. The molecule has 1 aliphatic heterocycles. The Morgan fingerprint density at radius 1 is 1.11 bits per heavy atom.